The molecule has 0 atom stereocenters. The normalized spacial score (nSPS) is 12.8. The van der Waals surface area contributed by atoms with Gasteiger partial charge in [-0.15, -0.1) is 0 Å². The van der Waals surface area contributed by atoms with Crippen molar-refractivity contribution in [2.24, 2.45) is 0 Å². The average molecular weight is 468 g/mol. The molecule has 1 aliphatic rings. The van der Waals surface area contributed by atoms with Gasteiger partial charge in [-0.2, -0.15) is 0 Å². The molecule has 0 unspecified atom stereocenters. The Bertz CT molecular complexity index is 1440. The quantitative estimate of drug-likeness (QED) is 0.294. The monoisotopic (exact) mass is 467 g/mol. The fraction of sp³-hybridized carbons (Fsp3) is 0.111. The largest absolute Gasteiger partial charge is 0.492 e. The molecule has 0 bridgehead atoms. The molecular formula is C27H19BClNO4. The van der Waals surface area contributed by atoms with E-state index in [0.717, 1.165) is 10.5 Å². The van der Waals surface area contributed by atoms with Gasteiger partial charge in [-0.1, -0.05) is 77.7 Å². The Morgan fingerprint density at radius 2 is 1.41 bits per heavy atom. The number of hydrogen-bond acceptors (Lipinski definition) is 4. The molecule has 4 aromatic carbocycles. The van der Waals surface area contributed by atoms with Crippen molar-refractivity contribution in [3.63, 3.8) is 0 Å². The van der Waals surface area contributed by atoms with Crippen molar-refractivity contribution < 1.29 is 19.1 Å². The van der Waals surface area contributed by atoms with Crippen LogP contribution in [0.1, 0.15) is 33.2 Å². The lowest BCUT2D eigenvalue weighted by Gasteiger charge is -2.17. The first-order valence-corrected chi connectivity index (χ1v) is 11.2. The first kappa shape index (κ1) is 22.0. The highest BCUT2D eigenvalue weighted by molar-refractivity contribution is 6.43. The third kappa shape index (κ3) is 3.60. The molecule has 5 nitrogen and oxygen atoms in total. The molecule has 34 heavy (non-hydrogen) atoms. The summed E-state index contributed by atoms with van der Waals surface area (Å²) >= 11 is 6.38. The van der Waals surface area contributed by atoms with E-state index in [2.05, 4.69) is 0 Å². The third-order valence-electron chi connectivity index (χ3n) is 5.68. The van der Waals surface area contributed by atoms with Gasteiger partial charge in [0, 0.05) is 10.8 Å². The van der Waals surface area contributed by atoms with Crippen LogP contribution in [0, 0.1) is 0 Å². The Labute approximate surface area is 203 Å². The van der Waals surface area contributed by atoms with Crippen molar-refractivity contribution in [2.75, 3.05) is 11.5 Å². The fourth-order valence-corrected chi connectivity index (χ4v) is 4.47. The van der Waals surface area contributed by atoms with Gasteiger partial charge in [0.25, 0.3) is 11.8 Å². The molecule has 0 saturated carbocycles. The minimum Gasteiger partial charge on any atom is -0.492 e. The summed E-state index contributed by atoms with van der Waals surface area (Å²) in [4.78, 5) is 28.5. The lowest BCUT2D eigenvalue weighted by molar-refractivity contribution is 0.0924. The van der Waals surface area contributed by atoms with Gasteiger partial charge in [0.15, 0.2) is 0 Å². The number of anilines is 1. The predicted octanol–water partition coefficient (Wildman–Crippen LogP) is 5.07. The number of amides is 2. The lowest BCUT2D eigenvalue weighted by atomic mass is 9.96. The van der Waals surface area contributed by atoms with Gasteiger partial charge in [0.2, 0.25) is 0 Å². The van der Waals surface area contributed by atoms with Crippen molar-refractivity contribution >= 4 is 53.2 Å². The molecular weight excluding hydrogens is 449 g/mol. The van der Waals surface area contributed by atoms with Crippen molar-refractivity contribution in [3.8, 4) is 11.5 Å². The number of imide groups is 1. The zero-order valence-electron chi connectivity index (χ0n) is 18.4. The van der Waals surface area contributed by atoms with E-state index < -0.39 is 11.8 Å². The Balaban J connectivity index is 1.73. The summed E-state index contributed by atoms with van der Waals surface area (Å²) in [5.74, 6) is -0.357. The molecule has 0 fully saturated rings. The summed E-state index contributed by atoms with van der Waals surface area (Å²) < 4.78 is 12.1. The number of hydrogen-bond donors (Lipinski definition) is 0. The van der Waals surface area contributed by atoms with Crippen LogP contribution in [0.4, 0.5) is 5.69 Å². The standard InChI is InChI=1S/C27H19BClNO4/c1-2-33-24-18-10-6-7-11-19(18)25(34-15-16-8-4-3-5-9-16)23-22(24)26(31)30(27(23)32)21-13-12-17(28)14-20(21)29/h3-14H,2,15H2,1H3. The van der Waals surface area contributed by atoms with Crippen molar-refractivity contribution in [1.82, 2.24) is 0 Å². The number of benzene rings is 4. The Kier molecular flexibility index (Phi) is 5.76. The highest BCUT2D eigenvalue weighted by Crippen LogP contribution is 2.47. The van der Waals surface area contributed by atoms with Crippen LogP contribution in [-0.4, -0.2) is 26.3 Å². The van der Waals surface area contributed by atoms with Crippen molar-refractivity contribution in [2.45, 2.75) is 13.5 Å². The number of carbonyl (C=O) groups excluding carboxylic acids is 2. The Morgan fingerprint density at radius 3 is 2.00 bits per heavy atom. The summed E-state index contributed by atoms with van der Waals surface area (Å²) in [6.07, 6.45) is 0. The number of carbonyl (C=O) groups is 2. The van der Waals surface area contributed by atoms with Crippen LogP contribution in [0.25, 0.3) is 10.8 Å². The van der Waals surface area contributed by atoms with Gasteiger partial charge >= 0.3 is 0 Å². The first-order chi connectivity index (χ1) is 16.5. The Hall–Kier alpha value is -3.77. The summed E-state index contributed by atoms with van der Waals surface area (Å²) in [5, 5.41) is 1.58. The second-order valence-electron chi connectivity index (χ2n) is 7.82. The van der Waals surface area contributed by atoms with Crippen LogP contribution in [-0.2, 0) is 6.61 Å². The second kappa shape index (κ2) is 8.88. The van der Waals surface area contributed by atoms with Crippen LogP contribution in [0.3, 0.4) is 0 Å². The minimum atomic E-state index is -0.526. The molecule has 0 N–H and O–H groups in total. The van der Waals surface area contributed by atoms with E-state index in [1.54, 1.807) is 12.1 Å². The van der Waals surface area contributed by atoms with Gasteiger partial charge in [0.1, 0.15) is 26.0 Å². The zero-order chi connectivity index (χ0) is 23.8. The maximum absolute atomic E-state index is 13.8. The number of rotatable bonds is 6. The van der Waals surface area contributed by atoms with E-state index in [-0.39, 0.29) is 28.4 Å². The highest BCUT2D eigenvalue weighted by atomic mass is 35.5. The summed E-state index contributed by atoms with van der Waals surface area (Å²) in [6, 6.07) is 21.7. The van der Waals surface area contributed by atoms with Gasteiger partial charge in [0.05, 0.1) is 28.4 Å². The summed E-state index contributed by atoms with van der Waals surface area (Å²) in [5.41, 5.74) is 1.95. The molecule has 4 aromatic rings. The topological polar surface area (TPSA) is 55.8 Å². The molecule has 5 rings (SSSR count). The van der Waals surface area contributed by atoms with E-state index in [1.165, 1.54) is 6.07 Å². The van der Waals surface area contributed by atoms with Crippen LogP contribution in [0.2, 0.25) is 5.02 Å². The molecule has 0 aromatic heterocycles. The van der Waals surface area contributed by atoms with Crippen LogP contribution < -0.4 is 19.8 Å². The highest BCUT2D eigenvalue weighted by Gasteiger charge is 2.44. The minimum absolute atomic E-state index is 0.163. The Morgan fingerprint density at radius 1 is 0.824 bits per heavy atom. The molecule has 2 amide bonds. The van der Waals surface area contributed by atoms with Crippen LogP contribution in [0.15, 0.2) is 72.8 Å². The maximum atomic E-state index is 13.8. The lowest BCUT2D eigenvalue weighted by Crippen LogP contribution is -2.30. The van der Waals surface area contributed by atoms with E-state index in [1.807, 2.05) is 61.5 Å². The van der Waals surface area contributed by atoms with Gasteiger partial charge in [-0.05, 0) is 24.6 Å². The molecule has 2 radical (unpaired) electrons. The molecule has 1 heterocycles. The SMILES string of the molecule is [B]c1ccc(N2C(=O)c3c(c(OCc4ccccc4)c4ccccc4c3OCC)C2=O)c(Cl)c1. The van der Waals surface area contributed by atoms with Crippen LogP contribution >= 0.6 is 11.6 Å². The third-order valence-corrected chi connectivity index (χ3v) is 5.98. The second-order valence-corrected chi connectivity index (χ2v) is 8.22. The molecule has 0 saturated heterocycles. The maximum Gasteiger partial charge on any atom is 0.270 e. The van der Waals surface area contributed by atoms with Crippen LogP contribution in [0.5, 0.6) is 11.5 Å². The summed E-state index contributed by atoms with van der Waals surface area (Å²) in [6.45, 7) is 2.39. The van der Waals surface area contributed by atoms with E-state index in [0.29, 0.717) is 34.3 Å². The predicted molar refractivity (Wildman–Crippen MR) is 134 cm³/mol. The number of ether oxygens (including phenoxy) is 2. The average Bonchev–Trinajstić information content (AvgIpc) is 3.09. The molecule has 0 aliphatic carbocycles. The van der Waals surface area contributed by atoms with Gasteiger partial charge in [-0.3, -0.25) is 9.59 Å². The molecule has 7 heteroatoms. The van der Waals surface area contributed by atoms with E-state index in [9.17, 15) is 9.59 Å². The van der Waals surface area contributed by atoms with E-state index in [4.69, 9.17) is 28.9 Å². The number of fused-ring (bicyclic) bond motifs is 2. The summed E-state index contributed by atoms with van der Waals surface area (Å²) in [7, 11) is 5.82. The van der Waals surface area contributed by atoms with Crippen molar-refractivity contribution in [1.29, 1.82) is 0 Å². The molecule has 0 spiro atoms. The zero-order valence-corrected chi connectivity index (χ0v) is 19.1. The molecule has 1 aliphatic heterocycles. The van der Waals surface area contributed by atoms with E-state index >= 15 is 0 Å². The van der Waals surface area contributed by atoms with Gasteiger partial charge in [-0.25, -0.2) is 4.90 Å². The first-order valence-electron chi connectivity index (χ1n) is 10.8. The fourth-order valence-electron chi connectivity index (χ4n) is 4.20. The molecule has 166 valence electrons. The van der Waals surface area contributed by atoms with Crippen molar-refractivity contribution in [3.05, 3.63) is 94.5 Å². The number of nitrogens with zero attached hydrogens (tertiary/aromatic N) is 1. The number of halogens is 1. The smallest absolute Gasteiger partial charge is 0.270 e. The van der Waals surface area contributed by atoms with Gasteiger partial charge < -0.3 is 9.47 Å².